The van der Waals surface area contributed by atoms with Crippen LogP contribution in [0.1, 0.15) is 82.9 Å². The minimum Gasteiger partial charge on any atom is -0.504 e. The molecule has 8 aromatic rings. The highest BCUT2D eigenvalue weighted by Gasteiger charge is 2.56. The van der Waals surface area contributed by atoms with Crippen molar-refractivity contribution in [1.29, 1.82) is 0 Å². The number of aromatic hydroxyl groups is 23. The van der Waals surface area contributed by atoms with Crippen molar-refractivity contribution in [1.82, 2.24) is 0 Å². The van der Waals surface area contributed by atoms with Crippen LogP contribution in [0.3, 0.4) is 0 Å². The first-order chi connectivity index (χ1) is 52.6. The largest absolute Gasteiger partial charge is 0.504 e. The summed E-state index contributed by atoms with van der Waals surface area (Å²) < 4.78 is 61.1. The van der Waals surface area contributed by atoms with E-state index in [9.17, 15) is 161 Å². The molecule has 0 spiro atoms. The molecule has 0 radical (unpaired) electrons. The van der Waals surface area contributed by atoms with Crippen LogP contribution in [-0.2, 0) is 47.4 Å². The van der Waals surface area contributed by atoms with Crippen molar-refractivity contribution in [3.8, 4) is 155 Å². The molecule has 2 saturated heterocycles. The van der Waals surface area contributed by atoms with Gasteiger partial charge in [-0.05, 0) is 66.7 Å². The summed E-state index contributed by atoms with van der Waals surface area (Å²) in [6, 6.07) is 5.20. The summed E-state index contributed by atoms with van der Waals surface area (Å²) in [5, 5.41) is 268. The smallest absolute Gasteiger partial charge is 0.342 e. The van der Waals surface area contributed by atoms with Gasteiger partial charge in [-0.2, -0.15) is 0 Å². The zero-order valence-electron chi connectivity index (χ0n) is 55.1. The van der Waals surface area contributed by atoms with Gasteiger partial charge in [-0.3, -0.25) is 0 Å². The molecule has 0 amide bonds. The van der Waals surface area contributed by atoms with Crippen LogP contribution in [0.25, 0.3) is 11.1 Å². The lowest BCUT2D eigenvalue weighted by molar-refractivity contribution is -0.284. The van der Waals surface area contributed by atoms with Crippen molar-refractivity contribution in [2.24, 2.45) is 0 Å². The topological polar surface area (TPSA) is 744 Å². The predicted octanol–water partition coefficient (Wildman–Crippen LogP) is 1.79. The molecule has 3 heterocycles. The zero-order valence-corrected chi connectivity index (χ0v) is 55.1. The van der Waals surface area contributed by atoms with Gasteiger partial charge < -0.3 is 180 Å². The maximum atomic E-state index is 15.4. The molecule has 0 saturated carbocycles. The van der Waals surface area contributed by atoms with E-state index in [4.69, 9.17) is 52.1 Å². The third-order valence-electron chi connectivity index (χ3n) is 16.8. The van der Waals surface area contributed by atoms with Crippen LogP contribution in [-0.4, -0.2) is 250 Å². The summed E-state index contributed by atoms with van der Waals surface area (Å²) in [4.78, 5) is 115. The van der Waals surface area contributed by atoms with Crippen molar-refractivity contribution in [2.45, 2.75) is 61.4 Å². The first kappa shape index (κ1) is 77.7. The van der Waals surface area contributed by atoms with Crippen LogP contribution in [0.5, 0.6) is 144 Å². The van der Waals surface area contributed by atoms with Gasteiger partial charge >= 0.3 is 47.8 Å². The average Bonchev–Trinajstić information content (AvgIpc) is 0.741. The number of fused-ring (bicyclic) bond motifs is 5. The van der Waals surface area contributed by atoms with Crippen LogP contribution < -0.4 is 4.74 Å². The maximum Gasteiger partial charge on any atom is 0.342 e. The Morgan fingerprint density at radius 2 is 0.714 bits per heavy atom. The molecule has 2 fully saturated rings. The summed E-state index contributed by atoms with van der Waals surface area (Å²) in [6.45, 7) is -2.86. The fourth-order valence-electron chi connectivity index (χ4n) is 11.2. The van der Waals surface area contributed by atoms with Crippen LogP contribution >= 0.6 is 0 Å². The van der Waals surface area contributed by atoms with Crippen molar-refractivity contribution < 1.29 is 218 Å². The number of ether oxygens (including phenoxy) is 11. The number of carbonyl (C=O) groups excluding carboxylic acids is 8. The molecule has 25 N–H and O–H groups in total. The number of phenols is 23. The molecule has 0 aromatic heterocycles. The van der Waals surface area contributed by atoms with Crippen molar-refractivity contribution in [2.75, 3.05) is 13.2 Å². The minimum atomic E-state index is -3.04. The number of cyclic esters (lactones) is 1. The van der Waals surface area contributed by atoms with E-state index >= 15 is 4.79 Å². The Kier molecular flexibility index (Phi) is 20.6. The van der Waals surface area contributed by atoms with E-state index in [0.717, 1.165) is 0 Å². The number of benzene rings is 8. The van der Waals surface area contributed by atoms with Gasteiger partial charge in [0.15, 0.2) is 145 Å². The lowest BCUT2D eigenvalue weighted by atomic mass is 9.91. The Bertz CT molecular complexity index is 5160. The van der Waals surface area contributed by atoms with Gasteiger partial charge in [-0.25, -0.2) is 38.4 Å². The lowest BCUT2D eigenvalue weighted by Gasteiger charge is -2.44. The second-order valence-corrected chi connectivity index (χ2v) is 24.0. The van der Waals surface area contributed by atoms with E-state index in [-0.39, 0.29) is 18.2 Å². The third kappa shape index (κ3) is 14.5. The van der Waals surface area contributed by atoms with Crippen LogP contribution in [0.15, 0.2) is 78.9 Å². The Morgan fingerprint density at radius 1 is 0.348 bits per heavy atom. The van der Waals surface area contributed by atoms with Gasteiger partial charge in [0.05, 0.1) is 38.9 Å². The monoisotopic (exact) mass is 1570 g/mol. The molecule has 112 heavy (non-hydrogen) atoms. The minimum absolute atomic E-state index is 0.113. The van der Waals surface area contributed by atoms with Crippen LogP contribution in [0, 0.1) is 0 Å². The molecule has 10 atom stereocenters. The summed E-state index contributed by atoms with van der Waals surface area (Å²) in [5.74, 6) is -49.8. The van der Waals surface area contributed by atoms with E-state index in [0.29, 0.717) is 60.7 Å². The molecule has 0 aliphatic carbocycles. The number of aliphatic hydroxyl groups is 2. The summed E-state index contributed by atoms with van der Waals surface area (Å²) >= 11 is 0. The van der Waals surface area contributed by atoms with Crippen molar-refractivity contribution >= 4 is 47.8 Å². The van der Waals surface area contributed by atoms with Gasteiger partial charge in [0, 0.05) is 23.3 Å². The van der Waals surface area contributed by atoms with E-state index in [1.54, 1.807) is 0 Å². The molecule has 588 valence electrons. The molecule has 44 nitrogen and oxygen atoms in total. The number of phenolic OH excluding ortho intramolecular Hbond substituents is 23. The first-order valence-electron chi connectivity index (χ1n) is 31.0. The normalized spacial score (nSPS) is 19.9. The first-order valence-corrected chi connectivity index (χ1v) is 31.0. The Morgan fingerprint density at radius 3 is 1.17 bits per heavy atom. The summed E-state index contributed by atoms with van der Waals surface area (Å²) in [7, 11) is 0. The highest BCUT2D eigenvalue weighted by atomic mass is 16.8. The molecule has 0 unspecified atom stereocenters. The SMILES string of the molecule is O=C(OC[C@H]1O[C@@H](OC(=O)c2cc(O)c(O)c(O)c2)[C@H](OC(=O)c2cc(O)c(O)c(O)c2Oc2cc3c(c(O)c2O)-c2c(cc(O)c(O)c2O)C(=O)O[C@@H]2[C@@H](O)[C@H](OC(=O)c4cc(O)c(O)c(O)c4)O[C@H](COC3=O)[C@H]2O)[C@@H](OC(=O)c2cc(O)c(O)c(O)c2)[C@@H]1OC(=O)c1cc(O)c(O)c(O)c1)c1cc(O)c(O)c(O)c1. The highest BCUT2D eigenvalue weighted by Crippen LogP contribution is 2.56. The predicted molar refractivity (Wildman–Crippen MR) is 346 cm³/mol. The molecule has 11 rings (SSSR count). The molecule has 44 heteroatoms. The lowest BCUT2D eigenvalue weighted by Crippen LogP contribution is -2.63. The Hall–Kier alpha value is -15.4. The molecular weight excluding hydrogens is 1520 g/mol. The van der Waals surface area contributed by atoms with Crippen LogP contribution in [0.2, 0.25) is 0 Å². The zero-order chi connectivity index (χ0) is 82.0. The van der Waals surface area contributed by atoms with Crippen LogP contribution in [0.4, 0.5) is 0 Å². The third-order valence-corrected chi connectivity index (χ3v) is 16.8. The van der Waals surface area contributed by atoms with Gasteiger partial charge in [-0.15, -0.1) is 0 Å². The number of carbonyl (C=O) groups is 8. The summed E-state index contributed by atoms with van der Waals surface area (Å²) in [5.41, 5.74) is -11.5. The molecule has 8 aromatic carbocycles. The van der Waals surface area contributed by atoms with Gasteiger partial charge in [0.1, 0.15) is 37.1 Å². The maximum absolute atomic E-state index is 15.4. The van der Waals surface area contributed by atoms with E-state index in [2.05, 4.69) is 0 Å². The van der Waals surface area contributed by atoms with E-state index in [1.807, 2.05) is 0 Å². The van der Waals surface area contributed by atoms with Gasteiger partial charge in [0.25, 0.3) is 0 Å². The standard InChI is InChI=1S/C68H52O44/c69-24-1-16(2-25(70)41(24)81)59(94)102-15-38-55(107-60(95)17-3-26(71)42(82)27(72)4-17)57(109-61(96)18-5-28(73)43(83)29(74)6-18)58(68(106-38)112-63(98)20-9-32(77)45(85)33(78)10-20)110-66(101)23-12-35(80)47(87)52(92)54(23)104-36-13-22-40(51(91)48(36)88)39-21(11-34(79)46(86)50(39)90)65(100)108-56-49(89)37(14-103-64(22)99)105-67(53(56)93)111-62(97)19-7-30(75)44(84)31(76)8-19/h1-13,37-38,49,53,55-58,67-93H,14-15H2/t37-,38-,49-,53-,55-,56+,57+,58-,67+,68+/m1/s1. The average molecular weight is 1570 g/mol. The highest BCUT2D eigenvalue weighted by molar-refractivity contribution is 6.09. The van der Waals surface area contributed by atoms with Crippen molar-refractivity contribution in [3.05, 3.63) is 123 Å². The van der Waals surface area contributed by atoms with E-state index < -0.39 is 322 Å². The molecule has 3 aliphatic heterocycles. The molecule has 2 bridgehead atoms. The quantitative estimate of drug-likeness (QED) is 0.0395. The summed E-state index contributed by atoms with van der Waals surface area (Å²) in [6.07, 6.45) is -26.1. The Labute approximate surface area is 617 Å². The second-order valence-electron chi connectivity index (χ2n) is 24.0. The van der Waals surface area contributed by atoms with E-state index in [1.165, 1.54) is 0 Å². The fourth-order valence-corrected chi connectivity index (χ4v) is 11.2. The van der Waals surface area contributed by atoms with Gasteiger partial charge in [-0.1, -0.05) is 0 Å². The number of aliphatic hydroxyl groups excluding tert-OH is 2. The Balaban J connectivity index is 1.05. The second kappa shape index (κ2) is 29.7. The number of esters is 8. The number of hydrogen-bond donors (Lipinski definition) is 25. The van der Waals surface area contributed by atoms with Gasteiger partial charge in [0.2, 0.25) is 41.7 Å². The number of rotatable bonds is 15. The molecular formula is C68H52O44. The fraction of sp³-hybridized carbons (Fsp3) is 0.176. The molecule has 3 aliphatic rings. The number of hydrogen-bond acceptors (Lipinski definition) is 44. The van der Waals surface area contributed by atoms with Crippen molar-refractivity contribution in [3.63, 3.8) is 0 Å².